The smallest absolute Gasteiger partial charge is 0.119 e. The number of rotatable bonds is 3. The highest BCUT2D eigenvalue weighted by molar-refractivity contribution is 5.69. The zero-order chi connectivity index (χ0) is 9.80. The summed E-state index contributed by atoms with van der Waals surface area (Å²) < 4.78 is 5.39. The van der Waals surface area contributed by atoms with Crippen LogP contribution in [0.15, 0.2) is 30.3 Å². The van der Waals surface area contributed by atoms with Gasteiger partial charge in [0.1, 0.15) is 5.75 Å². The molecule has 0 saturated heterocycles. The third kappa shape index (κ3) is 1.96. The van der Waals surface area contributed by atoms with Crippen molar-refractivity contribution in [1.29, 1.82) is 0 Å². The molecule has 0 spiro atoms. The summed E-state index contributed by atoms with van der Waals surface area (Å²) in [5, 5.41) is 3.29. The van der Waals surface area contributed by atoms with Gasteiger partial charge in [0.25, 0.3) is 0 Å². The zero-order valence-corrected chi connectivity index (χ0v) is 8.42. The Bertz CT molecular complexity index is 327. The van der Waals surface area contributed by atoms with Crippen LogP contribution in [0.3, 0.4) is 0 Å². The van der Waals surface area contributed by atoms with Gasteiger partial charge in [-0.1, -0.05) is 18.2 Å². The Morgan fingerprint density at radius 2 is 2.07 bits per heavy atom. The topological polar surface area (TPSA) is 21.3 Å². The number of hydrogen-bond donors (Lipinski definition) is 1. The SMILES string of the molecule is CCOc1ccc(C2=CCNC2)cc1. The van der Waals surface area contributed by atoms with Gasteiger partial charge in [-0.3, -0.25) is 0 Å². The number of nitrogens with one attached hydrogen (secondary N) is 1. The summed E-state index contributed by atoms with van der Waals surface area (Å²) >= 11 is 0. The molecule has 0 amide bonds. The Balaban J connectivity index is 2.13. The lowest BCUT2D eigenvalue weighted by Crippen LogP contribution is -2.07. The lowest BCUT2D eigenvalue weighted by Gasteiger charge is -2.05. The van der Waals surface area contributed by atoms with E-state index in [0.29, 0.717) is 0 Å². The van der Waals surface area contributed by atoms with Gasteiger partial charge in [-0.15, -0.1) is 0 Å². The minimum Gasteiger partial charge on any atom is -0.494 e. The van der Waals surface area contributed by atoms with Gasteiger partial charge in [-0.2, -0.15) is 0 Å². The lowest BCUT2D eigenvalue weighted by atomic mass is 10.1. The summed E-state index contributed by atoms with van der Waals surface area (Å²) in [7, 11) is 0. The van der Waals surface area contributed by atoms with Crippen LogP contribution < -0.4 is 10.1 Å². The van der Waals surface area contributed by atoms with E-state index in [1.165, 1.54) is 11.1 Å². The van der Waals surface area contributed by atoms with Crippen LogP contribution in [-0.2, 0) is 0 Å². The Kier molecular flexibility index (Phi) is 2.84. The van der Waals surface area contributed by atoms with Gasteiger partial charge in [-0.25, -0.2) is 0 Å². The maximum atomic E-state index is 5.39. The van der Waals surface area contributed by atoms with E-state index in [4.69, 9.17) is 4.74 Å². The van der Waals surface area contributed by atoms with Gasteiger partial charge >= 0.3 is 0 Å². The van der Waals surface area contributed by atoms with Crippen LogP contribution in [-0.4, -0.2) is 19.7 Å². The second-order valence-corrected chi connectivity index (χ2v) is 3.32. The van der Waals surface area contributed by atoms with E-state index in [2.05, 4.69) is 23.5 Å². The van der Waals surface area contributed by atoms with Gasteiger partial charge in [0.05, 0.1) is 6.61 Å². The molecule has 1 aliphatic heterocycles. The molecule has 1 aromatic carbocycles. The van der Waals surface area contributed by atoms with Crippen LogP contribution in [0.4, 0.5) is 0 Å². The molecule has 1 heterocycles. The van der Waals surface area contributed by atoms with Crippen LogP contribution in [0.2, 0.25) is 0 Å². The van der Waals surface area contributed by atoms with Crippen molar-refractivity contribution in [2.24, 2.45) is 0 Å². The van der Waals surface area contributed by atoms with Crippen molar-refractivity contribution in [2.45, 2.75) is 6.92 Å². The fraction of sp³-hybridized carbons (Fsp3) is 0.333. The molecule has 0 bridgehead atoms. The summed E-state index contributed by atoms with van der Waals surface area (Å²) in [4.78, 5) is 0. The molecule has 0 radical (unpaired) electrons. The summed E-state index contributed by atoms with van der Waals surface area (Å²) in [5.41, 5.74) is 2.67. The molecule has 0 unspecified atom stereocenters. The molecule has 2 rings (SSSR count). The molecule has 2 heteroatoms. The van der Waals surface area contributed by atoms with E-state index < -0.39 is 0 Å². The van der Waals surface area contributed by atoms with Crippen molar-refractivity contribution < 1.29 is 4.74 Å². The van der Waals surface area contributed by atoms with Gasteiger partial charge in [-0.05, 0) is 30.2 Å². The second kappa shape index (κ2) is 4.29. The van der Waals surface area contributed by atoms with Crippen LogP contribution in [0.5, 0.6) is 5.75 Å². The van der Waals surface area contributed by atoms with E-state index in [1.54, 1.807) is 0 Å². The molecule has 1 aromatic rings. The maximum Gasteiger partial charge on any atom is 0.119 e. The number of ether oxygens (including phenoxy) is 1. The summed E-state index contributed by atoms with van der Waals surface area (Å²) in [5.74, 6) is 0.947. The van der Waals surface area contributed by atoms with E-state index in [0.717, 1.165) is 25.4 Å². The molecule has 0 atom stereocenters. The summed E-state index contributed by atoms with van der Waals surface area (Å²) in [6.07, 6.45) is 2.23. The first-order valence-corrected chi connectivity index (χ1v) is 5.03. The maximum absolute atomic E-state index is 5.39. The first-order chi connectivity index (χ1) is 6.90. The molecular formula is C12H15NO. The van der Waals surface area contributed by atoms with E-state index >= 15 is 0 Å². The average molecular weight is 189 g/mol. The third-order valence-electron chi connectivity index (χ3n) is 2.34. The first-order valence-electron chi connectivity index (χ1n) is 5.03. The number of hydrogen-bond acceptors (Lipinski definition) is 2. The van der Waals surface area contributed by atoms with Crippen LogP contribution in [0.25, 0.3) is 5.57 Å². The highest BCUT2D eigenvalue weighted by Crippen LogP contribution is 2.19. The molecule has 74 valence electrons. The highest BCUT2D eigenvalue weighted by atomic mass is 16.5. The second-order valence-electron chi connectivity index (χ2n) is 3.32. The molecule has 0 saturated carbocycles. The zero-order valence-electron chi connectivity index (χ0n) is 8.42. The van der Waals surface area contributed by atoms with Crippen LogP contribution in [0.1, 0.15) is 12.5 Å². The summed E-state index contributed by atoms with van der Waals surface area (Å²) in [6, 6.07) is 8.28. The minimum atomic E-state index is 0.726. The minimum absolute atomic E-state index is 0.726. The van der Waals surface area contributed by atoms with Gasteiger partial charge in [0.15, 0.2) is 0 Å². The van der Waals surface area contributed by atoms with Crippen molar-refractivity contribution in [1.82, 2.24) is 5.32 Å². The molecule has 0 fully saturated rings. The van der Waals surface area contributed by atoms with E-state index in [1.807, 2.05) is 19.1 Å². The standard InChI is InChI=1S/C12H15NO/c1-2-14-12-5-3-10(4-6-12)11-7-8-13-9-11/h3-7,13H,2,8-9H2,1H3. The van der Waals surface area contributed by atoms with Crippen LogP contribution >= 0.6 is 0 Å². The fourth-order valence-corrected chi connectivity index (χ4v) is 1.63. The van der Waals surface area contributed by atoms with Crippen molar-refractivity contribution in [2.75, 3.05) is 19.7 Å². The molecule has 1 aliphatic rings. The van der Waals surface area contributed by atoms with E-state index in [-0.39, 0.29) is 0 Å². The molecular weight excluding hydrogens is 174 g/mol. The van der Waals surface area contributed by atoms with Crippen LogP contribution in [0, 0.1) is 0 Å². The highest BCUT2D eigenvalue weighted by Gasteiger charge is 2.05. The molecule has 0 aliphatic carbocycles. The first kappa shape index (κ1) is 9.28. The van der Waals surface area contributed by atoms with Gasteiger partial charge < -0.3 is 10.1 Å². The average Bonchev–Trinajstić information content (AvgIpc) is 2.72. The molecule has 1 N–H and O–H groups in total. The van der Waals surface area contributed by atoms with E-state index in [9.17, 15) is 0 Å². The Labute approximate surface area is 84.6 Å². The lowest BCUT2D eigenvalue weighted by molar-refractivity contribution is 0.340. The van der Waals surface area contributed by atoms with Crippen molar-refractivity contribution in [3.63, 3.8) is 0 Å². The molecule has 2 nitrogen and oxygen atoms in total. The molecule has 14 heavy (non-hydrogen) atoms. The normalized spacial score (nSPS) is 15.4. The van der Waals surface area contributed by atoms with Crippen molar-refractivity contribution in [3.05, 3.63) is 35.9 Å². The van der Waals surface area contributed by atoms with Gasteiger partial charge in [0, 0.05) is 13.1 Å². The molecule has 0 aromatic heterocycles. The third-order valence-corrected chi connectivity index (χ3v) is 2.34. The number of benzene rings is 1. The predicted molar refractivity (Wildman–Crippen MR) is 58.5 cm³/mol. The van der Waals surface area contributed by atoms with Crippen molar-refractivity contribution in [3.8, 4) is 5.75 Å². The summed E-state index contributed by atoms with van der Waals surface area (Å²) in [6.45, 7) is 4.69. The quantitative estimate of drug-likeness (QED) is 0.786. The Hall–Kier alpha value is -1.28. The monoisotopic (exact) mass is 189 g/mol. The van der Waals surface area contributed by atoms with Crippen molar-refractivity contribution >= 4 is 5.57 Å². The predicted octanol–water partition coefficient (Wildman–Crippen LogP) is 2.07. The van der Waals surface area contributed by atoms with Gasteiger partial charge in [0.2, 0.25) is 0 Å². The Morgan fingerprint density at radius 3 is 2.64 bits per heavy atom. The Morgan fingerprint density at radius 1 is 1.29 bits per heavy atom. The fourth-order valence-electron chi connectivity index (χ4n) is 1.63. The largest absolute Gasteiger partial charge is 0.494 e.